The summed E-state index contributed by atoms with van der Waals surface area (Å²) >= 11 is 1.72. The topological polar surface area (TPSA) is 62.2 Å². The fourth-order valence-corrected chi connectivity index (χ4v) is 4.95. The molecule has 2 heterocycles. The van der Waals surface area contributed by atoms with Gasteiger partial charge in [0.15, 0.2) is 5.82 Å². The molecular weight excluding hydrogens is 366 g/mol. The van der Waals surface area contributed by atoms with Gasteiger partial charge in [0.25, 0.3) is 0 Å². The predicted octanol–water partition coefficient (Wildman–Crippen LogP) is 5.14. The van der Waals surface area contributed by atoms with Crippen LogP contribution in [0.4, 0.5) is 11.5 Å². The molecule has 0 spiro atoms. The van der Waals surface area contributed by atoms with E-state index >= 15 is 0 Å². The van der Waals surface area contributed by atoms with Crippen LogP contribution in [0.3, 0.4) is 0 Å². The van der Waals surface area contributed by atoms with Crippen LogP contribution >= 0.6 is 11.8 Å². The van der Waals surface area contributed by atoms with Crippen molar-refractivity contribution >= 4 is 29.0 Å². The van der Waals surface area contributed by atoms with Crippen LogP contribution in [0.1, 0.15) is 39.2 Å². The van der Waals surface area contributed by atoms with E-state index in [2.05, 4.69) is 71.7 Å². The van der Waals surface area contributed by atoms with Crippen molar-refractivity contribution in [3.8, 4) is 0 Å². The average Bonchev–Trinajstić information content (AvgIpc) is 2.66. The number of fused-ring (bicyclic) bond motifs is 1. The summed E-state index contributed by atoms with van der Waals surface area (Å²) in [6, 6.07) is 10.8. The Balaban J connectivity index is 1.66. The van der Waals surface area contributed by atoms with E-state index in [0.717, 1.165) is 35.8 Å². The fourth-order valence-electron chi connectivity index (χ4n) is 3.92. The van der Waals surface area contributed by atoms with Crippen LogP contribution < -0.4 is 10.6 Å². The zero-order valence-corrected chi connectivity index (χ0v) is 17.7. The molecule has 0 radical (unpaired) electrons. The molecule has 0 saturated carbocycles. The zero-order valence-electron chi connectivity index (χ0n) is 16.9. The highest BCUT2D eigenvalue weighted by Crippen LogP contribution is 2.49. The van der Waals surface area contributed by atoms with Gasteiger partial charge in [0.2, 0.25) is 0 Å². The maximum Gasteiger partial charge on any atom is 0.154 e. The van der Waals surface area contributed by atoms with Crippen molar-refractivity contribution < 1.29 is 0 Å². The second-order valence-corrected chi connectivity index (χ2v) is 9.32. The number of hydrogen-bond donors (Lipinski definition) is 2. The van der Waals surface area contributed by atoms with E-state index in [1.807, 2.05) is 7.05 Å². The number of thioether (sulfide) groups is 1. The minimum Gasteiger partial charge on any atom is -0.371 e. The number of hydrogen-bond acceptors (Lipinski definition) is 6. The van der Waals surface area contributed by atoms with Gasteiger partial charge in [-0.3, -0.25) is 4.99 Å². The van der Waals surface area contributed by atoms with Crippen LogP contribution in [0.15, 0.2) is 57.3 Å². The Bertz CT molecular complexity index is 933. The van der Waals surface area contributed by atoms with Gasteiger partial charge in [-0.05, 0) is 37.2 Å². The van der Waals surface area contributed by atoms with Gasteiger partial charge in [-0.15, -0.1) is 0 Å². The van der Waals surface area contributed by atoms with Gasteiger partial charge >= 0.3 is 0 Å². The lowest BCUT2D eigenvalue weighted by molar-refractivity contribution is 0.372. The number of anilines is 2. The third kappa shape index (κ3) is 3.92. The number of allylic oxidation sites excluding steroid dienone is 2. The quantitative estimate of drug-likeness (QED) is 0.704. The molecule has 5 nitrogen and oxygen atoms in total. The van der Waals surface area contributed by atoms with Gasteiger partial charge in [0, 0.05) is 12.7 Å². The highest BCUT2D eigenvalue weighted by atomic mass is 32.2. The summed E-state index contributed by atoms with van der Waals surface area (Å²) in [6.07, 6.45) is 4.55. The summed E-state index contributed by atoms with van der Waals surface area (Å²) < 4.78 is 0. The molecule has 1 aliphatic carbocycles. The van der Waals surface area contributed by atoms with Crippen molar-refractivity contribution in [2.75, 3.05) is 17.7 Å². The van der Waals surface area contributed by atoms with E-state index in [0.29, 0.717) is 0 Å². The Labute approximate surface area is 171 Å². The highest BCUT2D eigenvalue weighted by molar-refractivity contribution is 8.04. The molecular formula is C22H27N5S. The number of benzene rings is 1. The van der Waals surface area contributed by atoms with Gasteiger partial charge in [-0.2, -0.15) is 0 Å². The van der Waals surface area contributed by atoms with E-state index < -0.39 is 0 Å². The summed E-state index contributed by atoms with van der Waals surface area (Å²) in [5, 5.41) is 7.74. The molecule has 0 fully saturated rings. The standard InChI is InChI=1S/C22H27N5S/c1-14(10-15-8-6-5-7-9-15)26-16-11-22(2,3)12-17-19(16)28-21-18(27-17)20(23-4)24-13-25-21/h5-9,13-14,27H,10-12H2,1-4H3,(H,23,24,25)/t14-/m1/s1. The first kappa shape index (κ1) is 19.0. The SMILES string of the molecule is CNc1ncnc2c1NC1=C(S2)C(=N[C@H](C)Cc2ccccc2)CC(C)(C)C1. The van der Waals surface area contributed by atoms with Crippen molar-refractivity contribution in [3.05, 3.63) is 52.8 Å². The smallest absolute Gasteiger partial charge is 0.154 e. The lowest BCUT2D eigenvalue weighted by Crippen LogP contribution is -2.30. The van der Waals surface area contributed by atoms with E-state index in [-0.39, 0.29) is 11.5 Å². The first-order valence-corrected chi connectivity index (χ1v) is 10.6. The van der Waals surface area contributed by atoms with Gasteiger partial charge < -0.3 is 10.6 Å². The molecule has 0 unspecified atom stereocenters. The summed E-state index contributed by atoms with van der Waals surface area (Å²) in [6.45, 7) is 6.84. The summed E-state index contributed by atoms with van der Waals surface area (Å²) in [5.74, 6) is 0.836. The van der Waals surface area contributed by atoms with Crippen LogP contribution in [0.25, 0.3) is 0 Å². The minimum atomic E-state index is 0.171. The Hall–Kier alpha value is -2.34. The summed E-state index contributed by atoms with van der Waals surface area (Å²) in [4.78, 5) is 15.3. The largest absolute Gasteiger partial charge is 0.371 e. The second kappa shape index (κ2) is 7.59. The van der Waals surface area contributed by atoms with Crippen LogP contribution in [-0.4, -0.2) is 28.8 Å². The monoisotopic (exact) mass is 393 g/mol. The molecule has 2 aromatic rings. The normalized spacial score (nSPS) is 20.2. The summed E-state index contributed by atoms with van der Waals surface area (Å²) in [7, 11) is 1.89. The van der Waals surface area contributed by atoms with E-state index in [1.54, 1.807) is 18.1 Å². The molecule has 28 heavy (non-hydrogen) atoms. The van der Waals surface area contributed by atoms with Gasteiger partial charge in [-0.25, -0.2) is 9.97 Å². The third-order valence-corrected chi connectivity index (χ3v) is 6.30. The highest BCUT2D eigenvalue weighted by Gasteiger charge is 2.36. The lowest BCUT2D eigenvalue weighted by atomic mass is 9.78. The first-order valence-electron chi connectivity index (χ1n) is 9.77. The minimum absolute atomic E-state index is 0.171. The molecule has 0 bridgehead atoms. The maximum absolute atomic E-state index is 5.17. The zero-order chi connectivity index (χ0) is 19.7. The van der Waals surface area contributed by atoms with E-state index in [4.69, 9.17) is 4.99 Å². The first-order chi connectivity index (χ1) is 13.4. The maximum atomic E-state index is 5.17. The Morgan fingerprint density at radius 2 is 2.00 bits per heavy atom. The van der Waals surface area contributed by atoms with Crippen molar-refractivity contribution in [2.24, 2.45) is 10.4 Å². The molecule has 1 aromatic heterocycles. The molecule has 1 aromatic carbocycles. The van der Waals surface area contributed by atoms with Gasteiger partial charge in [-0.1, -0.05) is 55.9 Å². The molecule has 6 heteroatoms. The molecule has 0 amide bonds. The van der Waals surface area contributed by atoms with E-state index in [1.165, 1.54) is 21.9 Å². The molecule has 1 atom stereocenters. The van der Waals surface area contributed by atoms with Gasteiger partial charge in [0.05, 0.1) is 16.7 Å². The molecule has 4 rings (SSSR count). The lowest BCUT2D eigenvalue weighted by Gasteiger charge is -2.37. The Morgan fingerprint density at radius 3 is 2.75 bits per heavy atom. The van der Waals surface area contributed by atoms with Gasteiger partial charge in [0.1, 0.15) is 17.0 Å². The average molecular weight is 394 g/mol. The molecule has 2 N–H and O–H groups in total. The number of rotatable bonds is 4. The Morgan fingerprint density at radius 1 is 1.21 bits per heavy atom. The van der Waals surface area contributed by atoms with Crippen LogP contribution in [0.5, 0.6) is 0 Å². The Kier molecular flexibility index (Phi) is 5.15. The number of aliphatic imine (C=N–C) groups is 1. The van der Waals surface area contributed by atoms with Crippen molar-refractivity contribution in [3.63, 3.8) is 0 Å². The van der Waals surface area contributed by atoms with Crippen LogP contribution in [0, 0.1) is 5.41 Å². The number of nitrogens with zero attached hydrogens (tertiary/aromatic N) is 3. The molecule has 1 aliphatic heterocycles. The van der Waals surface area contributed by atoms with Crippen LogP contribution in [0.2, 0.25) is 0 Å². The third-order valence-electron chi connectivity index (χ3n) is 5.11. The second-order valence-electron chi connectivity index (χ2n) is 8.32. The number of aromatic nitrogens is 2. The molecule has 2 aliphatic rings. The van der Waals surface area contributed by atoms with Crippen LogP contribution in [-0.2, 0) is 6.42 Å². The predicted molar refractivity (Wildman–Crippen MR) is 118 cm³/mol. The van der Waals surface area contributed by atoms with Crippen molar-refractivity contribution in [1.82, 2.24) is 9.97 Å². The fraction of sp³-hybridized carbons (Fsp3) is 0.409. The van der Waals surface area contributed by atoms with E-state index in [9.17, 15) is 0 Å². The molecule has 146 valence electrons. The van der Waals surface area contributed by atoms with Crippen molar-refractivity contribution in [2.45, 2.75) is 51.1 Å². The summed E-state index contributed by atoms with van der Waals surface area (Å²) in [5.41, 5.74) is 4.91. The van der Waals surface area contributed by atoms with Crippen molar-refractivity contribution in [1.29, 1.82) is 0 Å². The number of nitrogens with one attached hydrogen (secondary N) is 2. The molecule has 0 saturated heterocycles.